The maximum Gasteiger partial charge on any atom is 0.350 e. The van der Waals surface area contributed by atoms with Gasteiger partial charge in [0.2, 0.25) is 0 Å². The second kappa shape index (κ2) is 8.46. The lowest BCUT2D eigenvalue weighted by molar-refractivity contribution is 0.0500. The Balaban J connectivity index is 1.40. The fraction of sp³-hybridized carbons (Fsp3) is 0.182. The zero-order valence-electron chi connectivity index (χ0n) is 16.3. The Morgan fingerprint density at radius 1 is 1.10 bits per heavy atom. The molecule has 0 amide bonds. The van der Waals surface area contributed by atoms with Crippen LogP contribution in [0.1, 0.15) is 21.8 Å². The van der Waals surface area contributed by atoms with E-state index in [0.29, 0.717) is 27.9 Å². The zero-order valence-corrected chi connectivity index (χ0v) is 17.1. The number of fused-ring (bicyclic) bond motifs is 1. The van der Waals surface area contributed by atoms with Gasteiger partial charge in [-0.15, -0.1) is 11.3 Å². The molecule has 4 aromatic rings. The highest BCUT2D eigenvalue weighted by atomic mass is 32.1. The molecular weight excluding hydrogens is 402 g/mol. The number of thiazole rings is 1. The molecule has 0 spiro atoms. The molecule has 0 radical (unpaired) electrons. The number of carbonyl (C=O) groups excluding carboxylic acids is 1. The number of nitrogens with one attached hydrogen (secondary N) is 1. The number of rotatable bonds is 6. The van der Waals surface area contributed by atoms with Crippen molar-refractivity contribution in [3.8, 4) is 10.6 Å². The minimum atomic E-state index is -0.476. The summed E-state index contributed by atoms with van der Waals surface area (Å²) in [6, 6.07) is 16.5. The molecule has 0 saturated carbocycles. The first-order chi connectivity index (χ1) is 14.5. The standard InChI is InChI=1S/C22H19N3O4S/c1-14-18(30-19(23-14)15-8-3-2-4-9-15)21(27)29-13-7-12-25-20(26)16-10-5-6-11-17(16)24-22(25)28/h2-6,8-11H,7,12-13H2,1H3,(H,24,28). The van der Waals surface area contributed by atoms with E-state index in [2.05, 4.69) is 9.97 Å². The van der Waals surface area contributed by atoms with Gasteiger partial charge in [0.05, 0.1) is 23.2 Å². The number of H-pyrrole nitrogens is 1. The molecule has 0 unspecified atom stereocenters. The molecule has 0 saturated heterocycles. The topological polar surface area (TPSA) is 94.0 Å². The third-order valence-corrected chi connectivity index (χ3v) is 5.84. The lowest BCUT2D eigenvalue weighted by atomic mass is 10.2. The summed E-state index contributed by atoms with van der Waals surface area (Å²) < 4.78 is 6.48. The molecule has 7 nitrogen and oxygen atoms in total. The van der Waals surface area contributed by atoms with Crippen LogP contribution in [0.4, 0.5) is 0 Å². The fourth-order valence-corrected chi connectivity index (χ4v) is 4.11. The summed E-state index contributed by atoms with van der Waals surface area (Å²) in [7, 11) is 0. The Morgan fingerprint density at radius 2 is 1.83 bits per heavy atom. The van der Waals surface area contributed by atoms with Crippen LogP contribution in [0.25, 0.3) is 21.5 Å². The molecule has 0 atom stereocenters. The van der Waals surface area contributed by atoms with Gasteiger partial charge in [0.25, 0.3) is 5.56 Å². The lowest BCUT2D eigenvalue weighted by Crippen LogP contribution is -2.35. The normalized spacial score (nSPS) is 11.0. The molecule has 2 heterocycles. The number of ether oxygens (including phenoxy) is 1. The van der Waals surface area contributed by atoms with Crippen LogP contribution in [-0.4, -0.2) is 27.1 Å². The first kappa shape index (κ1) is 19.8. The van der Waals surface area contributed by atoms with Gasteiger partial charge in [0.1, 0.15) is 9.88 Å². The highest BCUT2D eigenvalue weighted by molar-refractivity contribution is 7.17. The van der Waals surface area contributed by atoms with E-state index in [0.717, 1.165) is 15.1 Å². The zero-order chi connectivity index (χ0) is 21.1. The van der Waals surface area contributed by atoms with Crippen molar-refractivity contribution < 1.29 is 9.53 Å². The predicted molar refractivity (Wildman–Crippen MR) is 116 cm³/mol. The maximum absolute atomic E-state index is 12.5. The van der Waals surface area contributed by atoms with Crippen molar-refractivity contribution in [2.24, 2.45) is 0 Å². The summed E-state index contributed by atoms with van der Waals surface area (Å²) >= 11 is 1.29. The van der Waals surface area contributed by atoms with Crippen LogP contribution in [0.15, 0.2) is 64.2 Å². The molecular formula is C22H19N3O4S. The third kappa shape index (κ3) is 3.95. The van der Waals surface area contributed by atoms with E-state index < -0.39 is 11.7 Å². The average molecular weight is 421 g/mol. The number of hydrogen-bond acceptors (Lipinski definition) is 6. The molecule has 0 aliphatic heterocycles. The number of carbonyl (C=O) groups is 1. The molecule has 8 heteroatoms. The van der Waals surface area contributed by atoms with Crippen molar-refractivity contribution in [2.45, 2.75) is 19.9 Å². The van der Waals surface area contributed by atoms with Gasteiger partial charge in [0.15, 0.2) is 0 Å². The Bertz CT molecular complexity index is 1320. The van der Waals surface area contributed by atoms with E-state index in [1.54, 1.807) is 31.2 Å². The van der Waals surface area contributed by atoms with E-state index in [9.17, 15) is 14.4 Å². The molecule has 0 aliphatic carbocycles. The van der Waals surface area contributed by atoms with Gasteiger partial charge in [-0.2, -0.15) is 0 Å². The number of benzene rings is 2. The Kier molecular flexibility index (Phi) is 5.58. The van der Waals surface area contributed by atoms with Gasteiger partial charge in [-0.1, -0.05) is 42.5 Å². The predicted octanol–water partition coefficient (Wildman–Crippen LogP) is 3.37. The highest BCUT2D eigenvalue weighted by Crippen LogP contribution is 2.28. The number of nitrogens with zero attached hydrogens (tertiary/aromatic N) is 2. The number of aromatic nitrogens is 3. The number of aryl methyl sites for hydroxylation is 1. The molecule has 4 rings (SSSR count). The van der Waals surface area contributed by atoms with Crippen molar-refractivity contribution in [3.05, 3.63) is 86.0 Å². The van der Waals surface area contributed by atoms with Crippen LogP contribution in [0.5, 0.6) is 0 Å². The van der Waals surface area contributed by atoms with Crippen molar-refractivity contribution in [1.82, 2.24) is 14.5 Å². The molecule has 30 heavy (non-hydrogen) atoms. The molecule has 0 aliphatic rings. The number of hydrogen-bond donors (Lipinski definition) is 1. The number of para-hydroxylation sites is 1. The minimum Gasteiger partial charge on any atom is -0.461 e. The summed E-state index contributed by atoms with van der Waals surface area (Å²) in [5.41, 5.74) is 1.23. The van der Waals surface area contributed by atoms with Crippen LogP contribution >= 0.6 is 11.3 Å². The average Bonchev–Trinajstić information content (AvgIpc) is 3.15. The van der Waals surface area contributed by atoms with Crippen molar-refractivity contribution in [1.29, 1.82) is 0 Å². The first-order valence-corrected chi connectivity index (χ1v) is 10.3. The highest BCUT2D eigenvalue weighted by Gasteiger charge is 2.17. The van der Waals surface area contributed by atoms with Gasteiger partial charge in [-0.25, -0.2) is 14.6 Å². The summed E-state index contributed by atoms with van der Waals surface area (Å²) in [5.74, 6) is -0.452. The van der Waals surface area contributed by atoms with Crippen LogP contribution in [0, 0.1) is 6.92 Å². The Hall–Kier alpha value is -3.52. The minimum absolute atomic E-state index is 0.0928. The number of aromatic amines is 1. The van der Waals surface area contributed by atoms with Gasteiger partial charge in [-0.05, 0) is 25.5 Å². The molecule has 152 valence electrons. The largest absolute Gasteiger partial charge is 0.461 e. The van der Waals surface area contributed by atoms with E-state index in [1.807, 2.05) is 30.3 Å². The SMILES string of the molecule is Cc1nc(-c2ccccc2)sc1C(=O)OCCCn1c(=O)[nH]c2ccccc2c1=O. The summed E-state index contributed by atoms with van der Waals surface area (Å²) in [4.78, 5) is 44.7. The van der Waals surface area contributed by atoms with Crippen LogP contribution in [0.2, 0.25) is 0 Å². The molecule has 2 aromatic heterocycles. The van der Waals surface area contributed by atoms with Gasteiger partial charge in [0, 0.05) is 12.1 Å². The second-order valence-electron chi connectivity index (χ2n) is 6.72. The smallest absolute Gasteiger partial charge is 0.350 e. The van der Waals surface area contributed by atoms with Gasteiger partial charge in [-0.3, -0.25) is 9.36 Å². The fourth-order valence-electron chi connectivity index (χ4n) is 3.15. The Morgan fingerprint density at radius 3 is 2.63 bits per heavy atom. The summed E-state index contributed by atoms with van der Waals surface area (Å²) in [6.45, 7) is 2.02. The van der Waals surface area contributed by atoms with Crippen molar-refractivity contribution >= 4 is 28.2 Å². The van der Waals surface area contributed by atoms with E-state index in [1.165, 1.54) is 11.3 Å². The van der Waals surface area contributed by atoms with E-state index in [-0.39, 0.29) is 18.7 Å². The summed E-state index contributed by atoms with van der Waals surface area (Å²) in [6.07, 6.45) is 0.344. The quantitative estimate of drug-likeness (QED) is 0.381. The second-order valence-corrected chi connectivity index (χ2v) is 7.72. The molecule has 1 N–H and O–H groups in total. The Labute approximate surface area is 175 Å². The molecule has 0 bridgehead atoms. The van der Waals surface area contributed by atoms with Crippen molar-refractivity contribution in [2.75, 3.05) is 6.61 Å². The summed E-state index contributed by atoms with van der Waals surface area (Å²) in [5, 5.41) is 1.21. The van der Waals surface area contributed by atoms with Crippen LogP contribution < -0.4 is 11.2 Å². The van der Waals surface area contributed by atoms with E-state index >= 15 is 0 Å². The third-order valence-electron chi connectivity index (χ3n) is 4.65. The first-order valence-electron chi connectivity index (χ1n) is 9.46. The van der Waals surface area contributed by atoms with E-state index in [4.69, 9.17) is 4.74 Å². The molecule has 2 aromatic carbocycles. The lowest BCUT2D eigenvalue weighted by Gasteiger charge is -2.07. The van der Waals surface area contributed by atoms with Gasteiger partial charge >= 0.3 is 11.7 Å². The monoisotopic (exact) mass is 421 g/mol. The molecule has 0 fully saturated rings. The van der Waals surface area contributed by atoms with Crippen LogP contribution in [0.3, 0.4) is 0 Å². The van der Waals surface area contributed by atoms with Crippen molar-refractivity contribution in [3.63, 3.8) is 0 Å². The van der Waals surface area contributed by atoms with Crippen LogP contribution in [-0.2, 0) is 11.3 Å². The number of esters is 1. The van der Waals surface area contributed by atoms with Gasteiger partial charge < -0.3 is 9.72 Å². The maximum atomic E-state index is 12.5.